The molecular weight excluding hydrogens is 272 g/mol. The second-order valence-electron chi connectivity index (χ2n) is 4.38. The molecule has 0 amide bonds. The molecular formula is C14H14N4OS. The van der Waals surface area contributed by atoms with E-state index in [1.54, 1.807) is 24.3 Å². The molecule has 0 aliphatic rings. The molecule has 0 saturated carbocycles. The van der Waals surface area contributed by atoms with Crippen LogP contribution in [0.5, 0.6) is 0 Å². The maximum Gasteiger partial charge on any atom is 0.247 e. The molecule has 0 spiro atoms. The lowest BCUT2D eigenvalue weighted by molar-refractivity contribution is 0.565. The highest BCUT2D eigenvalue weighted by Gasteiger charge is 2.05. The Morgan fingerprint density at radius 1 is 1.25 bits per heavy atom. The minimum Gasteiger partial charge on any atom is -0.472 e. The quantitative estimate of drug-likeness (QED) is 0.699. The number of nitrogens with zero attached hydrogens (tertiary/aromatic N) is 2. The van der Waals surface area contributed by atoms with Gasteiger partial charge in [-0.2, -0.15) is 4.98 Å². The van der Waals surface area contributed by atoms with E-state index in [9.17, 15) is 0 Å². The largest absolute Gasteiger partial charge is 0.472 e. The highest BCUT2D eigenvalue weighted by Crippen LogP contribution is 2.21. The van der Waals surface area contributed by atoms with E-state index in [0.717, 1.165) is 22.2 Å². The molecule has 1 aromatic carbocycles. The monoisotopic (exact) mass is 286 g/mol. The zero-order chi connectivity index (χ0) is 13.8. The molecule has 102 valence electrons. The predicted octanol–water partition coefficient (Wildman–Crippen LogP) is 3.74. The van der Waals surface area contributed by atoms with E-state index in [1.165, 1.54) is 5.56 Å². The van der Waals surface area contributed by atoms with Crippen LogP contribution >= 0.6 is 11.8 Å². The fraction of sp³-hybridized carbons (Fsp3) is 0.143. The lowest BCUT2D eigenvalue weighted by atomic mass is 10.2. The Labute approximate surface area is 120 Å². The third-order valence-corrected chi connectivity index (χ3v) is 3.66. The highest BCUT2D eigenvalue weighted by atomic mass is 32.2. The first kappa shape index (κ1) is 12.8. The smallest absolute Gasteiger partial charge is 0.247 e. The van der Waals surface area contributed by atoms with Crippen LogP contribution in [0.25, 0.3) is 0 Å². The van der Waals surface area contributed by atoms with E-state index >= 15 is 0 Å². The van der Waals surface area contributed by atoms with Gasteiger partial charge in [-0.15, -0.1) is 5.10 Å². The number of aryl methyl sites for hydroxylation is 1. The van der Waals surface area contributed by atoms with E-state index in [-0.39, 0.29) is 0 Å². The zero-order valence-corrected chi connectivity index (χ0v) is 11.8. The van der Waals surface area contributed by atoms with Gasteiger partial charge in [-0.3, -0.25) is 5.10 Å². The van der Waals surface area contributed by atoms with Crippen molar-refractivity contribution in [1.82, 2.24) is 15.2 Å². The number of rotatable bonds is 5. The number of aromatic amines is 1. The maximum atomic E-state index is 5.02. The summed E-state index contributed by atoms with van der Waals surface area (Å²) in [6.45, 7) is 2.06. The standard InChI is InChI=1S/C14H14N4OS/c1-10-2-4-12(5-3-10)15-13-16-14(18-17-13)20-9-11-6-7-19-8-11/h2-8H,9H2,1H3,(H2,15,16,17,18). The number of nitrogens with one attached hydrogen (secondary N) is 2. The fourth-order valence-electron chi connectivity index (χ4n) is 1.66. The van der Waals surface area contributed by atoms with Crippen LogP contribution in [0, 0.1) is 6.92 Å². The SMILES string of the molecule is Cc1ccc(Nc2n[nH]c(SCc3ccoc3)n2)cc1. The minimum absolute atomic E-state index is 0.573. The van der Waals surface area contributed by atoms with Gasteiger partial charge < -0.3 is 9.73 Å². The van der Waals surface area contributed by atoms with Crippen molar-refractivity contribution in [2.24, 2.45) is 0 Å². The van der Waals surface area contributed by atoms with Crippen molar-refractivity contribution in [1.29, 1.82) is 0 Å². The zero-order valence-electron chi connectivity index (χ0n) is 11.0. The number of hydrogen-bond acceptors (Lipinski definition) is 5. The lowest BCUT2D eigenvalue weighted by Crippen LogP contribution is -1.92. The Morgan fingerprint density at radius 3 is 2.85 bits per heavy atom. The number of H-pyrrole nitrogens is 1. The molecule has 0 fully saturated rings. The molecule has 2 aromatic heterocycles. The van der Waals surface area contributed by atoms with Gasteiger partial charge in [0.15, 0.2) is 5.16 Å². The number of anilines is 2. The Morgan fingerprint density at radius 2 is 2.10 bits per heavy atom. The average Bonchev–Trinajstić information content (AvgIpc) is 3.10. The van der Waals surface area contributed by atoms with Crippen LogP contribution < -0.4 is 5.32 Å². The molecule has 0 unspecified atom stereocenters. The van der Waals surface area contributed by atoms with Gasteiger partial charge in [0, 0.05) is 17.0 Å². The predicted molar refractivity (Wildman–Crippen MR) is 79.1 cm³/mol. The van der Waals surface area contributed by atoms with Crippen LogP contribution in [-0.4, -0.2) is 15.2 Å². The molecule has 0 radical (unpaired) electrons. The molecule has 0 aliphatic carbocycles. The summed E-state index contributed by atoms with van der Waals surface area (Å²) in [6.07, 6.45) is 3.40. The second-order valence-corrected chi connectivity index (χ2v) is 5.34. The fourth-order valence-corrected chi connectivity index (χ4v) is 2.39. The number of benzene rings is 1. The topological polar surface area (TPSA) is 66.7 Å². The molecule has 20 heavy (non-hydrogen) atoms. The molecule has 0 aliphatic heterocycles. The molecule has 2 heterocycles. The normalized spacial score (nSPS) is 10.7. The second kappa shape index (κ2) is 5.83. The molecule has 0 bridgehead atoms. The summed E-state index contributed by atoms with van der Waals surface area (Å²) in [5.74, 6) is 1.37. The number of thioether (sulfide) groups is 1. The van der Waals surface area contributed by atoms with Gasteiger partial charge in [-0.05, 0) is 25.1 Å². The van der Waals surface area contributed by atoms with Gasteiger partial charge in [0.25, 0.3) is 0 Å². The van der Waals surface area contributed by atoms with E-state index in [4.69, 9.17) is 4.42 Å². The average molecular weight is 286 g/mol. The van der Waals surface area contributed by atoms with E-state index in [2.05, 4.69) is 27.4 Å². The van der Waals surface area contributed by atoms with Gasteiger partial charge in [0.1, 0.15) is 0 Å². The van der Waals surface area contributed by atoms with E-state index < -0.39 is 0 Å². The Kier molecular flexibility index (Phi) is 3.73. The Hall–Kier alpha value is -2.21. The summed E-state index contributed by atoms with van der Waals surface area (Å²) in [5, 5.41) is 11.0. The van der Waals surface area contributed by atoms with Crippen molar-refractivity contribution >= 4 is 23.4 Å². The van der Waals surface area contributed by atoms with E-state index in [1.807, 2.05) is 30.3 Å². The summed E-state index contributed by atoms with van der Waals surface area (Å²) in [6, 6.07) is 10.0. The van der Waals surface area contributed by atoms with Crippen LogP contribution in [0.1, 0.15) is 11.1 Å². The number of aromatic nitrogens is 3. The third-order valence-electron chi connectivity index (χ3n) is 2.73. The summed E-state index contributed by atoms with van der Waals surface area (Å²) in [4.78, 5) is 4.38. The van der Waals surface area contributed by atoms with Gasteiger partial charge >= 0.3 is 0 Å². The van der Waals surface area contributed by atoms with Crippen molar-refractivity contribution < 1.29 is 4.42 Å². The lowest BCUT2D eigenvalue weighted by Gasteiger charge is -2.01. The molecule has 2 N–H and O–H groups in total. The molecule has 3 rings (SSSR count). The molecule has 3 aromatic rings. The molecule has 6 heteroatoms. The molecule has 0 saturated heterocycles. The van der Waals surface area contributed by atoms with Crippen molar-refractivity contribution in [3.8, 4) is 0 Å². The first-order valence-electron chi connectivity index (χ1n) is 6.19. The Balaban J connectivity index is 1.60. The summed E-state index contributed by atoms with van der Waals surface area (Å²) >= 11 is 1.58. The van der Waals surface area contributed by atoms with Crippen molar-refractivity contribution in [2.45, 2.75) is 17.8 Å². The highest BCUT2D eigenvalue weighted by molar-refractivity contribution is 7.98. The van der Waals surface area contributed by atoms with Crippen molar-refractivity contribution in [3.63, 3.8) is 0 Å². The summed E-state index contributed by atoms with van der Waals surface area (Å²) < 4.78 is 5.02. The van der Waals surface area contributed by atoms with Crippen LogP contribution in [0.4, 0.5) is 11.6 Å². The van der Waals surface area contributed by atoms with Crippen LogP contribution in [0.15, 0.2) is 52.4 Å². The summed E-state index contributed by atoms with van der Waals surface area (Å²) in [7, 11) is 0. The first-order valence-corrected chi connectivity index (χ1v) is 7.18. The van der Waals surface area contributed by atoms with Crippen molar-refractivity contribution in [3.05, 3.63) is 54.0 Å². The molecule has 0 atom stereocenters. The van der Waals surface area contributed by atoms with Crippen LogP contribution in [-0.2, 0) is 5.75 Å². The summed E-state index contributed by atoms with van der Waals surface area (Å²) in [5.41, 5.74) is 3.32. The maximum absolute atomic E-state index is 5.02. The van der Waals surface area contributed by atoms with Gasteiger partial charge in [0.05, 0.1) is 12.5 Å². The number of furan rings is 1. The minimum atomic E-state index is 0.573. The molecule has 5 nitrogen and oxygen atoms in total. The Bertz CT molecular complexity index is 661. The van der Waals surface area contributed by atoms with Gasteiger partial charge in [-0.25, -0.2) is 0 Å². The third kappa shape index (κ3) is 3.21. The number of hydrogen-bond donors (Lipinski definition) is 2. The van der Waals surface area contributed by atoms with Crippen LogP contribution in [0.2, 0.25) is 0 Å². The van der Waals surface area contributed by atoms with Crippen molar-refractivity contribution in [2.75, 3.05) is 5.32 Å². The first-order chi connectivity index (χ1) is 9.79. The van der Waals surface area contributed by atoms with Gasteiger partial charge in [0.2, 0.25) is 5.95 Å². The van der Waals surface area contributed by atoms with Gasteiger partial charge in [-0.1, -0.05) is 29.5 Å². The van der Waals surface area contributed by atoms with E-state index in [0.29, 0.717) is 5.95 Å². The van der Waals surface area contributed by atoms with Crippen LogP contribution in [0.3, 0.4) is 0 Å².